The van der Waals surface area contributed by atoms with Gasteiger partial charge in [-0.25, -0.2) is 4.68 Å². The molecule has 0 saturated carbocycles. The second-order valence-corrected chi connectivity index (χ2v) is 7.70. The van der Waals surface area contributed by atoms with E-state index in [4.69, 9.17) is 9.47 Å². The van der Waals surface area contributed by atoms with E-state index in [1.54, 1.807) is 5.32 Å². The van der Waals surface area contributed by atoms with Crippen LogP contribution in [0.3, 0.4) is 0 Å². The Balaban J connectivity index is 1.85. The number of nitrogens with one attached hydrogen (secondary N) is 2. The Morgan fingerprint density at radius 2 is 1.64 bits per heavy atom. The van der Waals surface area contributed by atoms with Crippen LogP contribution in [0.15, 0.2) is 48.5 Å². The first-order valence-electron chi connectivity index (χ1n) is 11.0. The number of alkyl halides is 6. The number of ether oxygens (including phenoxy) is 3. The van der Waals surface area contributed by atoms with Gasteiger partial charge in [0, 0.05) is 25.3 Å². The number of benzene rings is 2. The van der Waals surface area contributed by atoms with Crippen molar-refractivity contribution in [2.24, 2.45) is 0 Å². The molecule has 0 fully saturated rings. The molecule has 16 heteroatoms. The van der Waals surface area contributed by atoms with Crippen LogP contribution in [0.1, 0.15) is 26.5 Å². The molecule has 2 aromatic carbocycles. The highest BCUT2D eigenvalue weighted by Crippen LogP contribution is 2.27. The maximum Gasteiger partial charge on any atom is 0.573 e. The Kier molecular flexibility index (Phi) is 9.34. The molecule has 1 heterocycles. The van der Waals surface area contributed by atoms with Crippen LogP contribution in [0.5, 0.6) is 11.5 Å². The zero-order chi connectivity index (χ0) is 28.6. The van der Waals surface area contributed by atoms with Crippen LogP contribution in [0.4, 0.5) is 26.3 Å². The first kappa shape index (κ1) is 29.2. The molecule has 0 aliphatic carbocycles. The molecule has 3 aromatic rings. The molecule has 2 N–H and O–H groups in total. The van der Waals surface area contributed by atoms with Crippen molar-refractivity contribution in [3.8, 4) is 17.2 Å². The van der Waals surface area contributed by atoms with E-state index < -0.39 is 36.6 Å². The molecular formula is C23H21F6N5O5. The SMILES string of the molecule is COCCNC(=O)c1nnn(-c2ccc(C(=O)NCC(F)(F)F)cc2)c1COc1cccc(OC(F)(F)F)c1. The predicted molar refractivity (Wildman–Crippen MR) is 121 cm³/mol. The van der Waals surface area contributed by atoms with Gasteiger partial charge in [-0.3, -0.25) is 9.59 Å². The molecule has 0 aliphatic heterocycles. The normalized spacial score (nSPS) is 11.7. The quantitative estimate of drug-likeness (QED) is 0.272. The molecule has 3 rings (SSSR count). The lowest BCUT2D eigenvalue weighted by Gasteiger charge is -2.13. The zero-order valence-electron chi connectivity index (χ0n) is 20.1. The van der Waals surface area contributed by atoms with Crippen LogP contribution in [0.25, 0.3) is 5.69 Å². The number of hydrogen-bond acceptors (Lipinski definition) is 7. The van der Waals surface area contributed by atoms with Crippen LogP contribution < -0.4 is 20.1 Å². The van der Waals surface area contributed by atoms with Gasteiger partial charge >= 0.3 is 12.5 Å². The molecule has 0 saturated heterocycles. The third-order valence-electron chi connectivity index (χ3n) is 4.81. The third-order valence-corrected chi connectivity index (χ3v) is 4.81. The average molecular weight is 561 g/mol. The van der Waals surface area contributed by atoms with Gasteiger partial charge < -0.3 is 24.8 Å². The minimum absolute atomic E-state index is 0.0214. The van der Waals surface area contributed by atoms with Crippen LogP contribution >= 0.6 is 0 Å². The lowest BCUT2D eigenvalue weighted by atomic mass is 10.2. The second-order valence-electron chi connectivity index (χ2n) is 7.70. The number of amides is 2. The summed E-state index contributed by atoms with van der Waals surface area (Å²) in [6.07, 6.45) is -9.49. The number of nitrogens with zero attached hydrogens (tertiary/aromatic N) is 3. The molecule has 0 radical (unpaired) electrons. The monoisotopic (exact) mass is 561 g/mol. The van der Waals surface area contributed by atoms with Crippen LogP contribution in [-0.2, 0) is 11.3 Å². The Hall–Kier alpha value is -4.34. The lowest BCUT2D eigenvalue weighted by Crippen LogP contribution is -2.33. The van der Waals surface area contributed by atoms with E-state index in [0.717, 1.165) is 12.1 Å². The fourth-order valence-corrected chi connectivity index (χ4v) is 3.11. The van der Waals surface area contributed by atoms with E-state index in [0.29, 0.717) is 0 Å². The summed E-state index contributed by atoms with van der Waals surface area (Å²) >= 11 is 0. The highest BCUT2D eigenvalue weighted by Gasteiger charge is 2.31. The van der Waals surface area contributed by atoms with Crippen molar-refractivity contribution < 1.29 is 50.1 Å². The van der Waals surface area contributed by atoms with Gasteiger partial charge in [0.05, 0.1) is 12.3 Å². The molecule has 2 amide bonds. The summed E-state index contributed by atoms with van der Waals surface area (Å²) in [4.78, 5) is 24.7. The van der Waals surface area contributed by atoms with Gasteiger partial charge in [-0.05, 0) is 36.4 Å². The van der Waals surface area contributed by atoms with E-state index in [1.165, 1.54) is 48.2 Å². The van der Waals surface area contributed by atoms with E-state index >= 15 is 0 Å². The number of hydrogen-bond donors (Lipinski definition) is 2. The van der Waals surface area contributed by atoms with Crippen molar-refractivity contribution in [1.29, 1.82) is 0 Å². The number of methoxy groups -OCH3 is 1. The largest absolute Gasteiger partial charge is 0.573 e. The first-order valence-corrected chi connectivity index (χ1v) is 11.0. The lowest BCUT2D eigenvalue weighted by molar-refractivity contribution is -0.274. The number of halogens is 6. The highest BCUT2D eigenvalue weighted by molar-refractivity contribution is 5.94. The maximum atomic E-state index is 12.7. The van der Waals surface area contributed by atoms with Crippen molar-refractivity contribution in [2.75, 3.05) is 26.8 Å². The van der Waals surface area contributed by atoms with E-state index in [1.807, 2.05) is 0 Å². The topological polar surface area (TPSA) is 117 Å². The fourth-order valence-electron chi connectivity index (χ4n) is 3.11. The van der Waals surface area contributed by atoms with Crippen molar-refractivity contribution in [3.63, 3.8) is 0 Å². The summed E-state index contributed by atoms with van der Waals surface area (Å²) < 4.78 is 90.3. The van der Waals surface area contributed by atoms with E-state index in [9.17, 15) is 35.9 Å². The zero-order valence-corrected chi connectivity index (χ0v) is 20.1. The van der Waals surface area contributed by atoms with Crippen molar-refractivity contribution in [3.05, 3.63) is 65.5 Å². The molecule has 39 heavy (non-hydrogen) atoms. The summed E-state index contributed by atoms with van der Waals surface area (Å²) in [6, 6.07) is 9.89. The number of aromatic nitrogens is 3. The summed E-state index contributed by atoms with van der Waals surface area (Å²) in [5, 5.41) is 12.1. The highest BCUT2D eigenvalue weighted by atomic mass is 19.4. The summed E-state index contributed by atoms with van der Waals surface area (Å²) in [7, 11) is 1.44. The number of rotatable bonds is 11. The van der Waals surface area contributed by atoms with Gasteiger partial charge in [0.1, 0.15) is 30.3 Å². The minimum atomic E-state index is -4.91. The van der Waals surface area contributed by atoms with Crippen molar-refractivity contribution in [2.45, 2.75) is 19.1 Å². The molecule has 0 atom stereocenters. The Morgan fingerprint density at radius 3 is 2.28 bits per heavy atom. The smallest absolute Gasteiger partial charge is 0.487 e. The maximum absolute atomic E-state index is 12.7. The van der Waals surface area contributed by atoms with E-state index in [-0.39, 0.29) is 48.1 Å². The van der Waals surface area contributed by atoms with Crippen LogP contribution in [0, 0.1) is 0 Å². The molecule has 0 bridgehead atoms. The predicted octanol–water partition coefficient (Wildman–Crippen LogP) is 3.41. The second kappa shape index (κ2) is 12.5. The molecule has 0 aliphatic rings. The van der Waals surface area contributed by atoms with Crippen LogP contribution in [-0.4, -0.2) is 66.2 Å². The minimum Gasteiger partial charge on any atom is -0.487 e. The molecule has 0 unspecified atom stereocenters. The van der Waals surface area contributed by atoms with Crippen LogP contribution in [0.2, 0.25) is 0 Å². The van der Waals surface area contributed by atoms with E-state index in [2.05, 4.69) is 20.4 Å². The molecular weight excluding hydrogens is 540 g/mol. The molecule has 10 nitrogen and oxygen atoms in total. The molecule has 210 valence electrons. The Morgan fingerprint density at radius 1 is 0.949 bits per heavy atom. The average Bonchev–Trinajstić information content (AvgIpc) is 3.29. The van der Waals surface area contributed by atoms with Crippen molar-refractivity contribution >= 4 is 11.8 Å². The summed E-state index contributed by atoms with van der Waals surface area (Å²) in [5.41, 5.74) is 0.112. The number of carbonyl (C=O) groups excluding carboxylic acids is 2. The van der Waals surface area contributed by atoms with Gasteiger partial charge in [0.2, 0.25) is 0 Å². The summed E-state index contributed by atoms with van der Waals surface area (Å²) in [6.45, 7) is -1.55. The molecule has 0 spiro atoms. The van der Waals surface area contributed by atoms with Gasteiger partial charge in [0.15, 0.2) is 5.69 Å². The summed E-state index contributed by atoms with van der Waals surface area (Å²) in [5.74, 6) is -2.15. The van der Waals surface area contributed by atoms with Gasteiger partial charge in [-0.15, -0.1) is 18.3 Å². The number of carbonyl (C=O) groups is 2. The fraction of sp³-hybridized carbons (Fsp3) is 0.304. The van der Waals surface area contributed by atoms with Gasteiger partial charge in [-0.1, -0.05) is 11.3 Å². The first-order chi connectivity index (χ1) is 18.4. The Labute approximate surface area is 216 Å². The standard InChI is InChI=1S/C23H21F6N5O5/c1-37-10-9-30-21(36)19-18(12-38-16-3-2-4-17(11-16)39-23(27,28)29)34(33-32-19)15-7-5-14(6-8-15)20(35)31-13-22(24,25)26/h2-8,11H,9-10,12-13H2,1H3,(H,30,36)(H,31,35). The molecule has 1 aromatic heterocycles. The third kappa shape index (κ3) is 8.87. The van der Waals surface area contributed by atoms with Gasteiger partial charge in [0.25, 0.3) is 11.8 Å². The van der Waals surface area contributed by atoms with Crippen molar-refractivity contribution in [1.82, 2.24) is 25.6 Å². The Bertz CT molecular complexity index is 1280. The van der Waals surface area contributed by atoms with Gasteiger partial charge in [-0.2, -0.15) is 13.2 Å².